The van der Waals surface area contributed by atoms with Crippen molar-refractivity contribution in [2.45, 2.75) is 32.7 Å². The number of Topliss-reactive ketones (excluding diaryl/α,β-unsaturated/α-hetero) is 1. The van der Waals surface area contributed by atoms with Crippen LogP contribution in [0.5, 0.6) is 0 Å². The van der Waals surface area contributed by atoms with Crippen molar-refractivity contribution in [3.8, 4) is 0 Å². The lowest BCUT2D eigenvalue weighted by molar-refractivity contribution is 0.0929. The number of methoxy groups -OCH3 is 1. The minimum Gasteiger partial charge on any atom is -0.383 e. The SMILES string of the molecule is COCCn1ncc(Cl)c1C(=O)CC(C)C1CCCNC1. The Balaban J connectivity index is 2.00. The molecule has 2 rings (SSSR count). The first kappa shape index (κ1) is 16.5. The molecular weight excluding hydrogens is 290 g/mol. The number of hydrogen-bond acceptors (Lipinski definition) is 4. The number of ether oxygens (including phenoxy) is 1. The van der Waals surface area contributed by atoms with E-state index < -0.39 is 0 Å². The Labute approximate surface area is 131 Å². The van der Waals surface area contributed by atoms with Gasteiger partial charge in [0.25, 0.3) is 0 Å². The maximum atomic E-state index is 12.6. The highest BCUT2D eigenvalue weighted by molar-refractivity contribution is 6.33. The van der Waals surface area contributed by atoms with Gasteiger partial charge in [-0.05, 0) is 37.8 Å². The number of nitrogens with one attached hydrogen (secondary N) is 1. The summed E-state index contributed by atoms with van der Waals surface area (Å²) < 4.78 is 6.70. The first-order valence-corrected chi connectivity index (χ1v) is 7.95. The van der Waals surface area contributed by atoms with Crippen LogP contribution in [0.25, 0.3) is 0 Å². The molecule has 1 aromatic heterocycles. The van der Waals surface area contributed by atoms with E-state index in [0.29, 0.717) is 42.1 Å². The van der Waals surface area contributed by atoms with Crippen LogP contribution >= 0.6 is 11.6 Å². The number of piperidine rings is 1. The molecule has 1 aliphatic rings. The van der Waals surface area contributed by atoms with Gasteiger partial charge in [0, 0.05) is 13.5 Å². The van der Waals surface area contributed by atoms with E-state index in [2.05, 4.69) is 17.3 Å². The number of aromatic nitrogens is 2. The molecule has 1 aliphatic heterocycles. The van der Waals surface area contributed by atoms with Crippen molar-refractivity contribution in [2.24, 2.45) is 11.8 Å². The van der Waals surface area contributed by atoms with E-state index in [-0.39, 0.29) is 5.78 Å². The largest absolute Gasteiger partial charge is 0.383 e. The molecule has 2 heterocycles. The molecule has 6 heteroatoms. The quantitative estimate of drug-likeness (QED) is 0.785. The van der Waals surface area contributed by atoms with Gasteiger partial charge in [0.15, 0.2) is 5.78 Å². The minimum atomic E-state index is 0.0756. The van der Waals surface area contributed by atoms with E-state index in [1.807, 2.05) is 0 Å². The Morgan fingerprint density at radius 2 is 2.48 bits per heavy atom. The molecule has 0 amide bonds. The lowest BCUT2D eigenvalue weighted by Crippen LogP contribution is -2.34. The maximum absolute atomic E-state index is 12.6. The number of rotatable bonds is 7. The molecule has 5 nitrogen and oxygen atoms in total. The van der Waals surface area contributed by atoms with Gasteiger partial charge in [-0.3, -0.25) is 9.48 Å². The third-order valence-electron chi connectivity index (χ3n) is 4.21. The lowest BCUT2D eigenvalue weighted by atomic mass is 9.84. The fraction of sp³-hybridized carbons (Fsp3) is 0.733. The Morgan fingerprint density at radius 3 is 3.14 bits per heavy atom. The highest BCUT2D eigenvalue weighted by atomic mass is 35.5. The topological polar surface area (TPSA) is 56.2 Å². The monoisotopic (exact) mass is 313 g/mol. The number of nitrogens with zero attached hydrogens (tertiary/aromatic N) is 2. The number of hydrogen-bond donors (Lipinski definition) is 1. The first-order valence-electron chi connectivity index (χ1n) is 7.57. The van der Waals surface area contributed by atoms with E-state index in [1.54, 1.807) is 11.8 Å². The fourth-order valence-electron chi connectivity index (χ4n) is 2.91. The molecule has 1 saturated heterocycles. The molecule has 2 unspecified atom stereocenters. The van der Waals surface area contributed by atoms with Crippen LogP contribution in [0.3, 0.4) is 0 Å². The van der Waals surface area contributed by atoms with E-state index in [9.17, 15) is 4.79 Å². The van der Waals surface area contributed by atoms with Gasteiger partial charge in [0.2, 0.25) is 0 Å². The summed E-state index contributed by atoms with van der Waals surface area (Å²) in [7, 11) is 1.63. The number of halogens is 1. The maximum Gasteiger partial charge on any atom is 0.182 e. The summed E-state index contributed by atoms with van der Waals surface area (Å²) in [6.45, 7) is 5.31. The Hall–Kier alpha value is -0.910. The second-order valence-electron chi connectivity index (χ2n) is 5.77. The predicted molar refractivity (Wildman–Crippen MR) is 82.8 cm³/mol. The van der Waals surface area contributed by atoms with Crippen molar-refractivity contribution in [1.82, 2.24) is 15.1 Å². The van der Waals surface area contributed by atoms with E-state index in [0.717, 1.165) is 13.1 Å². The van der Waals surface area contributed by atoms with Gasteiger partial charge in [-0.25, -0.2) is 0 Å². The summed E-state index contributed by atoms with van der Waals surface area (Å²) >= 11 is 6.13. The smallest absolute Gasteiger partial charge is 0.182 e. The van der Waals surface area contributed by atoms with Crippen molar-refractivity contribution in [1.29, 1.82) is 0 Å². The van der Waals surface area contributed by atoms with Crippen molar-refractivity contribution in [3.05, 3.63) is 16.9 Å². The van der Waals surface area contributed by atoms with Crippen molar-refractivity contribution >= 4 is 17.4 Å². The zero-order valence-corrected chi connectivity index (χ0v) is 13.5. The summed E-state index contributed by atoms with van der Waals surface area (Å²) in [5, 5.41) is 8.00. The first-order chi connectivity index (χ1) is 10.1. The van der Waals surface area contributed by atoms with Gasteiger partial charge in [-0.1, -0.05) is 18.5 Å². The molecule has 1 fully saturated rings. The van der Waals surface area contributed by atoms with Gasteiger partial charge < -0.3 is 10.1 Å². The van der Waals surface area contributed by atoms with Crippen LogP contribution in [-0.4, -0.2) is 42.4 Å². The van der Waals surface area contributed by atoms with Crippen molar-refractivity contribution in [2.75, 3.05) is 26.8 Å². The molecule has 0 bridgehead atoms. The van der Waals surface area contributed by atoms with Crippen LogP contribution < -0.4 is 5.32 Å². The van der Waals surface area contributed by atoms with Crippen LogP contribution in [-0.2, 0) is 11.3 Å². The minimum absolute atomic E-state index is 0.0756. The highest BCUT2D eigenvalue weighted by Crippen LogP contribution is 2.26. The normalized spacial score (nSPS) is 20.4. The predicted octanol–water partition coefficient (Wildman–Crippen LogP) is 2.39. The van der Waals surface area contributed by atoms with Gasteiger partial charge in [0.05, 0.1) is 24.4 Å². The summed E-state index contributed by atoms with van der Waals surface area (Å²) in [5.41, 5.74) is 0.518. The van der Waals surface area contributed by atoms with Gasteiger partial charge in [-0.15, -0.1) is 0 Å². The zero-order valence-electron chi connectivity index (χ0n) is 12.8. The average Bonchev–Trinajstić information content (AvgIpc) is 2.87. The Bertz CT molecular complexity index is 469. The molecule has 2 atom stereocenters. The molecule has 0 aromatic carbocycles. The molecule has 0 aliphatic carbocycles. The summed E-state index contributed by atoms with van der Waals surface area (Å²) in [6, 6.07) is 0. The van der Waals surface area contributed by atoms with Gasteiger partial charge in [-0.2, -0.15) is 5.10 Å². The van der Waals surface area contributed by atoms with Crippen LogP contribution in [0.2, 0.25) is 5.02 Å². The Morgan fingerprint density at radius 1 is 1.67 bits per heavy atom. The second kappa shape index (κ2) is 7.92. The molecular formula is C15H24ClN3O2. The molecule has 0 saturated carbocycles. The van der Waals surface area contributed by atoms with Crippen LogP contribution in [0.15, 0.2) is 6.20 Å². The number of carbonyl (C=O) groups is 1. The van der Waals surface area contributed by atoms with Gasteiger partial charge in [0.1, 0.15) is 5.69 Å². The lowest BCUT2D eigenvalue weighted by Gasteiger charge is -2.28. The van der Waals surface area contributed by atoms with E-state index in [1.165, 1.54) is 19.0 Å². The summed E-state index contributed by atoms with van der Waals surface area (Å²) in [4.78, 5) is 12.6. The molecule has 21 heavy (non-hydrogen) atoms. The van der Waals surface area contributed by atoms with Crippen LogP contribution in [0.4, 0.5) is 0 Å². The average molecular weight is 314 g/mol. The number of carbonyl (C=O) groups excluding carboxylic acids is 1. The molecule has 118 valence electrons. The molecule has 1 aromatic rings. The van der Waals surface area contributed by atoms with E-state index >= 15 is 0 Å². The second-order valence-corrected chi connectivity index (χ2v) is 6.18. The zero-order chi connectivity index (χ0) is 15.2. The third-order valence-corrected chi connectivity index (χ3v) is 4.49. The number of ketones is 1. The van der Waals surface area contributed by atoms with Crippen molar-refractivity contribution in [3.63, 3.8) is 0 Å². The molecule has 1 N–H and O–H groups in total. The summed E-state index contributed by atoms with van der Waals surface area (Å²) in [6.07, 6.45) is 4.44. The van der Waals surface area contributed by atoms with Gasteiger partial charge >= 0.3 is 0 Å². The highest BCUT2D eigenvalue weighted by Gasteiger charge is 2.25. The van der Waals surface area contributed by atoms with E-state index in [4.69, 9.17) is 16.3 Å². The standard InChI is InChI=1S/C15H24ClN3O2/c1-11(12-4-3-5-17-9-12)8-14(20)15-13(16)10-18-19(15)6-7-21-2/h10-12,17H,3-9H2,1-2H3. The fourth-order valence-corrected chi connectivity index (χ4v) is 3.15. The third kappa shape index (κ3) is 4.28. The van der Waals surface area contributed by atoms with Crippen LogP contribution in [0.1, 0.15) is 36.7 Å². The molecule has 0 radical (unpaired) electrons. The Kier molecular flexibility index (Phi) is 6.21. The van der Waals surface area contributed by atoms with Crippen molar-refractivity contribution < 1.29 is 9.53 Å². The molecule has 0 spiro atoms. The summed E-state index contributed by atoms with van der Waals surface area (Å²) in [5.74, 6) is 0.996. The van der Waals surface area contributed by atoms with Crippen LogP contribution in [0, 0.1) is 11.8 Å².